The Hall–Kier alpha value is -2.69. The van der Waals surface area contributed by atoms with Crippen LogP contribution < -0.4 is 5.32 Å². The van der Waals surface area contributed by atoms with Gasteiger partial charge in [-0.1, -0.05) is 163 Å². The van der Waals surface area contributed by atoms with E-state index in [2.05, 4.69) is 39.9 Å². The number of hydrogen-bond acceptors (Lipinski definition) is 10. The van der Waals surface area contributed by atoms with Gasteiger partial charge in [0.05, 0.1) is 37.2 Å². The molecule has 0 aliphatic carbocycles. The van der Waals surface area contributed by atoms with Crippen molar-refractivity contribution in [2.45, 2.75) is 259 Å². The van der Waals surface area contributed by atoms with E-state index in [0.717, 1.165) is 141 Å². The van der Waals surface area contributed by atoms with Gasteiger partial charge in [-0.15, -0.1) is 0 Å². The van der Waals surface area contributed by atoms with Crippen LogP contribution in [0.4, 0.5) is 0 Å². The van der Waals surface area contributed by atoms with E-state index < -0.39 is 12.1 Å². The average Bonchev–Trinajstić information content (AvgIpc) is 3.26. The van der Waals surface area contributed by atoms with Gasteiger partial charge in [0, 0.05) is 19.3 Å². The molecule has 0 saturated heterocycles. The summed E-state index contributed by atoms with van der Waals surface area (Å²) in [4.78, 5) is 63.6. The Labute approximate surface area is 379 Å². The first kappa shape index (κ1) is 59.3. The smallest absolute Gasteiger partial charge is 0.308 e. The maximum absolute atomic E-state index is 12.8. The van der Waals surface area contributed by atoms with Crippen LogP contribution in [-0.2, 0) is 42.9 Å². The van der Waals surface area contributed by atoms with Crippen molar-refractivity contribution in [1.82, 2.24) is 5.32 Å². The van der Waals surface area contributed by atoms with Crippen LogP contribution >= 0.6 is 0 Å². The largest absolute Gasteiger partial charge is 0.465 e. The lowest BCUT2D eigenvalue weighted by molar-refractivity contribution is -0.150. The summed E-state index contributed by atoms with van der Waals surface area (Å²) in [6.07, 6.45) is 28.2. The fourth-order valence-corrected chi connectivity index (χ4v) is 7.54. The van der Waals surface area contributed by atoms with Crippen LogP contribution in [0.25, 0.3) is 0 Å². The van der Waals surface area contributed by atoms with Crippen molar-refractivity contribution in [2.24, 2.45) is 11.8 Å². The van der Waals surface area contributed by atoms with Gasteiger partial charge >= 0.3 is 23.9 Å². The molecular formula is C51H95NO10. The zero-order valence-electron chi connectivity index (χ0n) is 40.6. The number of carbonyl (C=O) groups excluding carboxylic acids is 5. The van der Waals surface area contributed by atoms with Crippen LogP contribution in [0.15, 0.2) is 0 Å². The Bertz CT molecular complexity index is 1030. The van der Waals surface area contributed by atoms with Gasteiger partial charge < -0.3 is 29.4 Å². The maximum atomic E-state index is 12.8. The Morgan fingerprint density at radius 2 is 0.774 bits per heavy atom. The molecule has 364 valence electrons. The summed E-state index contributed by atoms with van der Waals surface area (Å²) in [6, 6.07) is -0.706. The summed E-state index contributed by atoms with van der Waals surface area (Å²) >= 11 is 0. The highest BCUT2D eigenvalue weighted by molar-refractivity contribution is 5.76. The molecule has 0 heterocycles. The van der Waals surface area contributed by atoms with Crippen molar-refractivity contribution in [3.63, 3.8) is 0 Å². The van der Waals surface area contributed by atoms with Crippen molar-refractivity contribution in [3.8, 4) is 0 Å². The van der Waals surface area contributed by atoms with Crippen molar-refractivity contribution in [2.75, 3.05) is 26.4 Å². The number of ether oxygens (including phenoxy) is 4. The molecule has 0 aromatic carbocycles. The molecule has 0 fully saturated rings. The number of rotatable bonds is 45. The van der Waals surface area contributed by atoms with Crippen LogP contribution in [0.2, 0.25) is 0 Å². The SMILES string of the molecule is CCCCCCC(O)CCC(=O)NC(COC(=O)CCCCCCOC(=O)C(CCCC)CCCCCC)COC(=O)CCCCCCOC(=O)C(CCCC)CCCCCC. The molecule has 3 unspecified atom stereocenters. The maximum Gasteiger partial charge on any atom is 0.308 e. The second-order valence-corrected chi connectivity index (χ2v) is 17.7. The number of unbranched alkanes of at least 4 members (excludes halogenated alkanes) is 17. The highest BCUT2D eigenvalue weighted by Crippen LogP contribution is 2.21. The number of aliphatic hydroxyl groups is 1. The molecule has 0 bridgehead atoms. The third-order valence-corrected chi connectivity index (χ3v) is 11.7. The molecule has 0 saturated carbocycles. The zero-order chi connectivity index (χ0) is 45.9. The predicted molar refractivity (Wildman–Crippen MR) is 249 cm³/mol. The van der Waals surface area contributed by atoms with Crippen LogP contribution in [0, 0.1) is 11.8 Å². The summed E-state index contributed by atoms with van der Waals surface area (Å²) in [5.74, 6) is -1.24. The first-order valence-corrected chi connectivity index (χ1v) is 25.7. The molecular weight excluding hydrogens is 787 g/mol. The molecule has 62 heavy (non-hydrogen) atoms. The van der Waals surface area contributed by atoms with E-state index in [0.29, 0.717) is 38.9 Å². The fourth-order valence-electron chi connectivity index (χ4n) is 7.54. The molecule has 11 heteroatoms. The highest BCUT2D eigenvalue weighted by atomic mass is 16.6. The summed E-state index contributed by atoms with van der Waals surface area (Å²) in [6.45, 7) is 11.3. The summed E-state index contributed by atoms with van der Waals surface area (Å²) in [5, 5.41) is 13.2. The van der Waals surface area contributed by atoms with E-state index in [9.17, 15) is 29.1 Å². The molecule has 0 aliphatic rings. The van der Waals surface area contributed by atoms with E-state index in [4.69, 9.17) is 18.9 Å². The van der Waals surface area contributed by atoms with Gasteiger partial charge in [-0.05, 0) is 64.2 Å². The summed E-state index contributed by atoms with van der Waals surface area (Å²) in [5.41, 5.74) is 0. The van der Waals surface area contributed by atoms with Gasteiger partial charge in [-0.3, -0.25) is 24.0 Å². The molecule has 0 spiro atoms. The lowest BCUT2D eigenvalue weighted by atomic mass is 9.95. The highest BCUT2D eigenvalue weighted by Gasteiger charge is 2.21. The van der Waals surface area contributed by atoms with Gasteiger partial charge in [0.15, 0.2) is 0 Å². The minimum atomic E-state index is -0.706. The van der Waals surface area contributed by atoms with Crippen molar-refractivity contribution in [3.05, 3.63) is 0 Å². The van der Waals surface area contributed by atoms with E-state index in [1.165, 1.54) is 25.7 Å². The molecule has 0 radical (unpaired) electrons. The van der Waals surface area contributed by atoms with Crippen LogP contribution in [0.1, 0.15) is 247 Å². The van der Waals surface area contributed by atoms with Crippen LogP contribution in [0.5, 0.6) is 0 Å². The monoisotopic (exact) mass is 882 g/mol. The first-order chi connectivity index (χ1) is 30.1. The molecule has 1 amide bonds. The Morgan fingerprint density at radius 1 is 0.403 bits per heavy atom. The average molecular weight is 882 g/mol. The predicted octanol–water partition coefficient (Wildman–Crippen LogP) is 12.2. The van der Waals surface area contributed by atoms with E-state index in [1.54, 1.807) is 0 Å². The second-order valence-electron chi connectivity index (χ2n) is 17.7. The van der Waals surface area contributed by atoms with Crippen LogP contribution in [0.3, 0.4) is 0 Å². The third-order valence-electron chi connectivity index (χ3n) is 11.7. The normalized spacial score (nSPS) is 13.2. The van der Waals surface area contributed by atoms with Crippen LogP contribution in [-0.4, -0.2) is 73.5 Å². The number of hydrogen-bond donors (Lipinski definition) is 2. The van der Waals surface area contributed by atoms with Gasteiger partial charge in [0.1, 0.15) is 13.2 Å². The van der Waals surface area contributed by atoms with E-state index in [-0.39, 0.29) is 74.1 Å². The minimum absolute atomic E-state index is 0.0100. The number of nitrogens with one attached hydrogen (secondary N) is 1. The van der Waals surface area contributed by atoms with Gasteiger partial charge in [-0.25, -0.2) is 0 Å². The van der Waals surface area contributed by atoms with E-state index >= 15 is 0 Å². The molecule has 2 N–H and O–H groups in total. The lowest BCUT2D eigenvalue weighted by Gasteiger charge is -2.19. The summed E-state index contributed by atoms with van der Waals surface area (Å²) in [7, 11) is 0. The molecule has 0 aromatic heterocycles. The molecule has 0 aliphatic heterocycles. The van der Waals surface area contributed by atoms with E-state index in [1.807, 2.05) is 0 Å². The van der Waals surface area contributed by atoms with Crippen molar-refractivity contribution < 1.29 is 48.0 Å². The standard InChI is InChI=1S/C51H95NO10/c1-6-11-16-23-32-43(30-14-9-4)50(57)59-39-28-21-19-26-35-48(55)61-41-45(52-47(54)38-37-46(53)34-25-18-13-8-3)42-62-49(56)36-27-20-22-29-40-60-51(58)44(31-15-10-5)33-24-17-12-7-2/h43-46,53H,6-42H2,1-5H3,(H,52,54). The molecule has 3 atom stereocenters. The second kappa shape index (κ2) is 43.6. The van der Waals surface area contributed by atoms with Gasteiger partial charge in [0.2, 0.25) is 5.91 Å². The molecule has 0 aromatic rings. The topological polar surface area (TPSA) is 155 Å². The zero-order valence-corrected chi connectivity index (χ0v) is 40.6. The number of amides is 1. The number of carbonyl (C=O) groups is 5. The number of esters is 4. The summed E-state index contributed by atoms with van der Waals surface area (Å²) < 4.78 is 22.3. The minimum Gasteiger partial charge on any atom is -0.465 e. The first-order valence-electron chi connectivity index (χ1n) is 25.7. The Morgan fingerprint density at radius 3 is 1.19 bits per heavy atom. The Kier molecular flexibility index (Phi) is 41.7. The quantitative estimate of drug-likeness (QED) is 0.0343. The number of aliphatic hydroxyl groups excluding tert-OH is 1. The Balaban J connectivity index is 4.72. The molecule has 0 rings (SSSR count). The molecule has 11 nitrogen and oxygen atoms in total. The van der Waals surface area contributed by atoms with Crippen molar-refractivity contribution >= 4 is 29.8 Å². The van der Waals surface area contributed by atoms with Gasteiger partial charge in [0.25, 0.3) is 0 Å². The van der Waals surface area contributed by atoms with Gasteiger partial charge in [-0.2, -0.15) is 0 Å². The lowest BCUT2D eigenvalue weighted by Crippen LogP contribution is -2.42. The third kappa shape index (κ3) is 36.8. The fraction of sp³-hybridized carbons (Fsp3) is 0.902. The van der Waals surface area contributed by atoms with Crippen molar-refractivity contribution in [1.29, 1.82) is 0 Å².